The predicted molar refractivity (Wildman–Crippen MR) is 155 cm³/mol. The van der Waals surface area contributed by atoms with Gasteiger partial charge in [-0.3, -0.25) is 0 Å². The molecule has 5 nitrogen and oxygen atoms in total. The molecule has 0 unspecified atom stereocenters. The zero-order valence-corrected chi connectivity index (χ0v) is 25.1. The first-order chi connectivity index (χ1) is 19.2. The molecule has 0 atom stereocenters. The summed E-state index contributed by atoms with van der Waals surface area (Å²) in [5.74, 6) is -2.51. The van der Waals surface area contributed by atoms with Crippen LogP contribution in [0.1, 0.15) is 61.8 Å². The molecular weight excluding hydrogens is 573 g/mol. The number of carbonyl (C=O) groups excluding carboxylic acids is 1. The third-order valence-corrected chi connectivity index (χ3v) is 7.64. The van der Waals surface area contributed by atoms with E-state index in [1.165, 1.54) is 19.2 Å². The molecule has 216 valence electrons. The van der Waals surface area contributed by atoms with Crippen LogP contribution in [0.2, 0.25) is 5.02 Å². The van der Waals surface area contributed by atoms with Gasteiger partial charge in [0, 0.05) is 22.3 Å². The molecule has 0 saturated heterocycles. The second-order valence-corrected chi connectivity index (χ2v) is 12.3. The van der Waals surface area contributed by atoms with Crippen LogP contribution in [0, 0.1) is 17.5 Å². The van der Waals surface area contributed by atoms with Crippen LogP contribution in [0.3, 0.4) is 0 Å². The highest BCUT2D eigenvalue weighted by atomic mass is 35.5. The molecule has 10 heteroatoms. The summed E-state index contributed by atoms with van der Waals surface area (Å²) < 4.78 is 54.3. The van der Waals surface area contributed by atoms with Gasteiger partial charge in [-0.1, -0.05) is 43.3 Å². The second-order valence-electron chi connectivity index (χ2n) is 11.0. The number of esters is 1. The minimum Gasteiger partial charge on any atom is -0.495 e. The largest absolute Gasteiger partial charge is 0.495 e. The highest BCUT2D eigenvalue weighted by Gasteiger charge is 2.31. The van der Waals surface area contributed by atoms with Crippen molar-refractivity contribution in [1.82, 2.24) is 9.97 Å². The van der Waals surface area contributed by atoms with Gasteiger partial charge in [-0.2, -0.15) is 0 Å². The molecule has 0 aliphatic heterocycles. The number of ether oxygens (including phenoxy) is 2. The number of aromatic amines is 1. The molecular formula is C31H30ClF3N2O3S. The van der Waals surface area contributed by atoms with Gasteiger partial charge in [0.05, 0.1) is 29.1 Å². The molecule has 0 amide bonds. The molecule has 0 bridgehead atoms. The van der Waals surface area contributed by atoms with Gasteiger partial charge in [-0.05, 0) is 74.9 Å². The average Bonchev–Trinajstić information content (AvgIpc) is 3.33. The lowest BCUT2D eigenvalue weighted by Crippen LogP contribution is -2.24. The minimum absolute atomic E-state index is 0.0999. The summed E-state index contributed by atoms with van der Waals surface area (Å²) in [6, 6.07) is 13.3. The molecule has 4 aromatic rings. The number of H-pyrrole nitrogens is 1. The van der Waals surface area contributed by atoms with Crippen molar-refractivity contribution in [2.24, 2.45) is 0 Å². The van der Waals surface area contributed by atoms with E-state index < -0.39 is 28.6 Å². The third kappa shape index (κ3) is 6.90. The molecule has 41 heavy (non-hydrogen) atoms. The second kappa shape index (κ2) is 11.8. The van der Waals surface area contributed by atoms with Crippen LogP contribution in [0.25, 0.3) is 11.3 Å². The van der Waals surface area contributed by atoms with Crippen molar-refractivity contribution in [1.29, 1.82) is 0 Å². The number of imidazole rings is 1. The van der Waals surface area contributed by atoms with E-state index in [2.05, 4.69) is 4.98 Å². The lowest BCUT2D eigenvalue weighted by atomic mass is 9.79. The van der Waals surface area contributed by atoms with Crippen molar-refractivity contribution >= 4 is 29.3 Å². The number of rotatable bonds is 8. The summed E-state index contributed by atoms with van der Waals surface area (Å²) in [5.41, 5.74) is 0.939. The van der Waals surface area contributed by atoms with E-state index in [9.17, 15) is 18.0 Å². The number of thioether (sulfide) groups is 1. The topological polar surface area (TPSA) is 64.2 Å². The number of benzene rings is 3. The Hall–Kier alpha value is -3.43. The first kappa shape index (κ1) is 30.5. The predicted octanol–water partition coefficient (Wildman–Crippen LogP) is 8.73. The van der Waals surface area contributed by atoms with Crippen LogP contribution in [0.15, 0.2) is 59.8 Å². The van der Waals surface area contributed by atoms with Crippen LogP contribution in [0.5, 0.6) is 5.75 Å². The highest BCUT2D eigenvalue weighted by molar-refractivity contribution is 7.98. The first-order valence-electron chi connectivity index (χ1n) is 12.7. The Morgan fingerprint density at radius 2 is 1.61 bits per heavy atom. The summed E-state index contributed by atoms with van der Waals surface area (Å²) in [5, 5.41) is 0.872. The van der Waals surface area contributed by atoms with Crippen molar-refractivity contribution in [3.8, 4) is 17.0 Å². The number of nitrogens with one attached hydrogen (secondary N) is 1. The fourth-order valence-corrected chi connectivity index (χ4v) is 5.30. The fourth-order valence-electron chi connectivity index (χ4n) is 4.22. The molecule has 3 aromatic carbocycles. The van der Waals surface area contributed by atoms with E-state index in [0.717, 1.165) is 29.5 Å². The SMILES string of the molecule is COc1cc(C(C)(C)c2[nH]c(SCc3c(F)cc(C(=O)OC(C)(C)C)cc3F)nc2-c2ccc(F)cc2)ccc1Cl. The van der Waals surface area contributed by atoms with Crippen LogP contribution in [0.4, 0.5) is 13.2 Å². The van der Waals surface area contributed by atoms with E-state index in [1.807, 2.05) is 26.0 Å². The Bertz CT molecular complexity index is 1560. The van der Waals surface area contributed by atoms with Gasteiger partial charge in [0.15, 0.2) is 5.16 Å². The molecule has 0 radical (unpaired) electrons. The summed E-state index contributed by atoms with van der Waals surface area (Å²) in [4.78, 5) is 20.4. The molecule has 0 saturated carbocycles. The average molecular weight is 603 g/mol. The van der Waals surface area contributed by atoms with Crippen molar-refractivity contribution in [3.63, 3.8) is 0 Å². The lowest BCUT2D eigenvalue weighted by Gasteiger charge is -2.26. The maximum absolute atomic E-state index is 15.0. The summed E-state index contributed by atoms with van der Waals surface area (Å²) >= 11 is 7.35. The highest BCUT2D eigenvalue weighted by Crippen LogP contribution is 2.41. The lowest BCUT2D eigenvalue weighted by molar-refractivity contribution is 0.00683. The fraction of sp³-hybridized carbons (Fsp3) is 0.290. The minimum atomic E-state index is -0.863. The van der Waals surface area contributed by atoms with Gasteiger partial charge in [-0.15, -0.1) is 0 Å². The van der Waals surface area contributed by atoms with Crippen LogP contribution < -0.4 is 4.74 Å². The summed E-state index contributed by atoms with van der Waals surface area (Å²) in [6.45, 7) is 8.99. The van der Waals surface area contributed by atoms with Gasteiger partial charge in [0.1, 0.15) is 28.8 Å². The van der Waals surface area contributed by atoms with Gasteiger partial charge in [-0.25, -0.2) is 22.9 Å². The quantitative estimate of drug-likeness (QED) is 0.161. The normalized spacial score (nSPS) is 12.0. The maximum Gasteiger partial charge on any atom is 0.338 e. The summed E-state index contributed by atoms with van der Waals surface area (Å²) in [6.07, 6.45) is 0. The monoisotopic (exact) mass is 602 g/mol. The van der Waals surface area contributed by atoms with Crippen molar-refractivity contribution in [2.75, 3.05) is 7.11 Å². The molecule has 0 spiro atoms. The molecule has 1 heterocycles. The van der Waals surface area contributed by atoms with Crippen molar-refractivity contribution in [2.45, 2.75) is 56.5 Å². The molecule has 1 N–H and O–H groups in total. The molecule has 0 aliphatic carbocycles. The zero-order valence-electron chi connectivity index (χ0n) is 23.5. The number of hydrogen-bond donors (Lipinski definition) is 1. The van der Waals surface area contributed by atoms with Gasteiger partial charge < -0.3 is 14.5 Å². The van der Waals surface area contributed by atoms with Crippen molar-refractivity contribution in [3.05, 3.63) is 99.5 Å². The standard InChI is InChI=1S/C31H30ClF3N2O3S/c1-30(2,3)40-28(38)18-13-23(34)21(24(35)14-18)16-41-29-36-26(17-7-10-20(33)11-8-17)27(37-29)31(4,5)19-9-12-22(32)25(15-19)39-6/h7-15H,16H2,1-6H3,(H,36,37). The van der Waals surface area contributed by atoms with E-state index >= 15 is 0 Å². The molecule has 0 fully saturated rings. The van der Waals surface area contributed by atoms with Gasteiger partial charge in [0.25, 0.3) is 0 Å². The van der Waals surface area contributed by atoms with Gasteiger partial charge in [0.2, 0.25) is 0 Å². The Morgan fingerprint density at radius 3 is 2.20 bits per heavy atom. The number of nitrogens with zero attached hydrogens (tertiary/aromatic N) is 1. The zero-order chi connectivity index (χ0) is 30.1. The van der Waals surface area contributed by atoms with E-state index in [0.29, 0.717) is 32.9 Å². The van der Waals surface area contributed by atoms with Gasteiger partial charge >= 0.3 is 5.97 Å². The Kier molecular flexibility index (Phi) is 8.80. The Balaban J connectivity index is 1.69. The Morgan fingerprint density at radius 1 is 0.976 bits per heavy atom. The van der Waals surface area contributed by atoms with Crippen LogP contribution in [-0.2, 0) is 15.9 Å². The number of aromatic nitrogens is 2. The van der Waals surface area contributed by atoms with E-state index in [1.54, 1.807) is 39.0 Å². The third-order valence-electron chi connectivity index (χ3n) is 6.43. The number of carbonyl (C=O) groups is 1. The smallest absolute Gasteiger partial charge is 0.338 e. The van der Waals surface area contributed by atoms with E-state index in [-0.39, 0.29) is 22.7 Å². The number of methoxy groups -OCH3 is 1. The Labute approximate surface area is 246 Å². The van der Waals surface area contributed by atoms with E-state index in [4.69, 9.17) is 26.1 Å². The summed E-state index contributed by atoms with van der Waals surface area (Å²) in [7, 11) is 1.53. The number of hydrogen-bond acceptors (Lipinski definition) is 5. The first-order valence-corrected chi connectivity index (χ1v) is 14.1. The van der Waals surface area contributed by atoms with Crippen LogP contribution in [-0.4, -0.2) is 28.6 Å². The maximum atomic E-state index is 15.0. The number of halogens is 4. The van der Waals surface area contributed by atoms with Crippen LogP contribution >= 0.6 is 23.4 Å². The van der Waals surface area contributed by atoms with Crippen molar-refractivity contribution < 1.29 is 27.4 Å². The molecule has 0 aliphatic rings. The molecule has 4 rings (SSSR count). The molecule has 1 aromatic heterocycles.